The summed E-state index contributed by atoms with van der Waals surface area (Å²) in [6, 6.07) is 12.9. The van der Waals surface area contributed by atoms with E-state index in [2.05, 4.69) is 15.5 Å². The minimum absolute atomic E-state index is 0.134. The molecular formula is C19H18FN3O4. The summed E-state index contributed by atoms with van der Waals surface area (Å²) in [5.74, 6) is 1.19. The Balaban J connectivity index is 1.44. The summed E-state index contributed by atoms with van der Waals surface area (Å²) in [6.07, 6.45) is 0.370. The summed E-state index contributed by atoms with van der Waals surface area (Å²) >= 11 is 0. The number of hydrogen-bond acceptors (Lipinski definition) is 6. The molecule has 0 bridgehead atoms. The van der Waals surface area contributed by atoms with Gasteiger partial charge in [0.15, 0.2) is 18.1 Å². The first-order valence-corrected chi connectivity index (χ1v) is 8.27. The molecule has 0 aliphatic rings. The number of methoxy groups -OCH3 is 1. The molecule has 3 rings (SSSR count). The van der Waals surface area contributed by atoms with E-state index in [4.69, 9.17) is 14.0 Å². The first-order chi connectivity index (χ1) is 13.2. The molecule has 27 heavy (non-hydrogen) atoms. The smallest absolute Gasteiger partial charge is 0.257 e. The number of aromatic nitrogens is 2. The summed E-state index contributed by atoms with van der Waals surface area (Å²) in [4.78, 5) is 16.1. The highest BCUT2D eigenvalue weighted by Crippen LogP contribution is 2.25. The van der Waals surface area contributed by atoms with Crippen LogP contribution in [0.3, 0.4) is 0 Å². The van der Waals surface area contributed by atoms with Gasteiger partial charge in [0.05, 0.1) is 7.11 Å². The second kappa shape index (κ2) is 8.79. The minimum atomic E-state index is -0.333. The van der Waals surface area contributed by atoms with Crippen molar-refractivity contribution in [3.8, 4) is 22.9 Å². The average molecular weight is 371 g/mol. The fraction of sp³-hybridized carbons (Fsp3) is 0.211. The normalized spacial score (nSPS) is 10.4. The summed E-state index contributed by atoms with van der Waals surface area (Å²) in [5.41, 5.74) is 0.653. The van der Waals surface area contributed by atoms with Crippen LogP contribution in [-0.4, -0.2) is 36.3 Å². The molecule has 0 fully saturated rings. The lowest BCUT2D eigenvalue weighted by atomic mass is 10.2. The maximum atomic E-state index is 12.9. The van der Waals surface area contributed by atoms with Crippen LogP contribution in [0.25, 0.3) is 11.4 Å². The van der Waals surface area contributed by atoms with E-state index in [9.17, 15) is 9.18 Å². The lowest BCUT2D eigenvalue weighted by Gasteiger charge is -2.10. The van der Waals surface area contributed by atoms with Crippen LogP contribution in [0.1, 0.15) is 5.89 Å². The Kier molecular flexibility index (Phi) is 5.98. The number of amides is 1. The first kappa shape index (κ1) is 18.4. The fourth-order valence-corrected chi connectivity index (χ4v) is 2.31. The highest BCUT2D eigenvalue weighted by molar-refractivity contribution is 5.77. The number of rotatable bonds is 8. The number of nitrogens with zero attached hydrogens (tertiary/aromatic N) is 2. The van der Waals surface area contributed by atoms with E-state index < -0.39 is 0 Å². The van der Waals surface area contributed by atoms with E-state index in [-0.39, 0.29) is 18.3 Å². The number of carbonyl (C=O) groups is 1. The van der Waals surface area contributed by atoms with Crippen molar-refractivity contribution in [1.29, 1.82) is 0 Å². The molecule has 1 heterocycles. The topological polar surface area (TPSA) is 86.5 Å². The Morgan fingerprint density at radius 3 is 2.63 bits per heavy atom. The second-order valence-corrected chi connectivity index (χ2v) is 5.56. The molecule has 0 aliphatic heterocycles. The SMILES string of the molecule is COc1ccccc1OCC(=O)NCCc1nc(-c2ccc(F)cc2)no1. The number of para-hydroxylation sites is 2. The highest BCUT2D eigenvalue weighted by atomic mass is 19.1. The van der Waals surface area contributed by atoms with Crippen LogP contribution in [0.2, 0.25) is 0 Å². The molecule has 0 aliphatic carbocycles. The third-order valence-electron chi connectivity index (χ3n) is 3.66. The third kappa shape index (κ3) is 5.04. The molecule has 0 radical (unpaired) electrons. The first-order valence-electron chi connectivity index (χ1n) is 8.27. The van der Waals surface area contributed by atoms with E-state index in [0.717, 1.165) is 0 Å². The molecule has 7 nitrogen and oxygen atoms in total. The van der Waals surface area contributed by atoms with Gasteiger partial charge in [-0.2, -0.15) is 4.98 Å². The molecule has 0 spiro atoms. The van der Waals surface area contributed by atoms with Gasteiger partial charge in [0.1, 0.15) is 5.82 Å². The van der Waals surface area contributed by atoms with Crippen molar-refractivity contribution in [3.63, 3.8) is 0 Å². The zero-order valence-corrected chi connectivity index (χ0v) is 14.6. The van der Waals surface area contributed by atoms with Crippen molar-refractivity contribution in [2.75, 3.05) is 20.3 Å². The molecule has 0 saturated heterocycles. The average Bonchev–Trinajstić information content (AvgIpc) is 3.16. The highest BCUT2D eigenvalue weighted by Gasteiger charge is 2.10. The predicted molar refractivity (Wildman–Crippen MR) is 94.9 cm³/mol. The number of carbonyl (C=O) groups excluding carboxylic acids is 1. The Labute approximate surface area is 155 Å². The van der Waals surface area contributed by atoms with Gasteiger partial charge in [-0.25, -0.2) is 4.39 Å². The van der Waals surface area contributed by atoms with Gasteiger partial charge in [-0.15, -0.1) is 0 Å². The van der Waals surface area contributed by atoms with Crippen LogP contribution in [0.4, 0.5) is 4.39 Å². The quantitative estimate of drug-likeness (QED) is 0.655. The molecule has 3 aromatic rings. The molecule has 1 amide bonds. The van der Waals surface area contributed by atoms with Gasteiger partial charge in [0.25, 0.3) is 5.91 Å². The maximum Gasteiger partial charge on any atom is 0.257 e. The number of hydrogen-bond donors (Lipinski definition) is 1. The summed E-state index contributed by atoms with van der Waals surface area (Å²) in [5, 5.41) is 6.56. The number of benzene rings is 2. The molecule has 1 aromatic heterocycles. The van der Waals surface area contributed by atoms with E-state index in [1.54, 1.807) is 30.3 Å². The van der Waals surface area contributed by atoms with Crippen molar-refractivity contribution in [3.05, 3.63) is 60.2 Å². The van der Waals surface area contributed by atoms with Gasteiger partial charge in [0, 0.05) is 18.5 Å². The van der Waals surface area contributed by atoms with Crippen LogP contribution in [-0.2, 0) is 11.2 Å². The van der Waals surface area contributed by atoms with Gasteiger partial charge >= 0.3 is 0 Å². The summed E-state index contributed by atoms with van der Waals surface area (Å²) in [7, 11) is 1.53. The van der Waals surface area contributed by atoms with E-state index in [0.29, 0.717) is 41.7 Å². The molecule has 0 saturated carbocycles. The largest absolute Gasteiger partial charge is 0.493 e. The van der Waals surface area contributed by atoms with Crippen molar-refractivity contribution < 1.29 is 23.2 Å². The lowest BCUT2D eigenvalue weighted by molar-refractivity contribution is -0.123. The maximum absolute atomic E-state index is 12.9. The molecule has 0 unspecified atom stereocenters. The second-order valence-electron chi connectivity index (χ2n) is 5.56. The van der Waals surface area contributed by atoms with E-state index in [1.165, 1.54) is 19.2 Å². The Morgan fingerprint density at radius 2 is 1.89 bits per heavy atom. The van der Waals surface area contributed by atoms with Crippen LogP contribution in [0.15, 0.2) is 53.1 Å². The lowest BCUT2D eigenvalue weighted by Crippen LogP contribution is -2.30. The number of ether oxygens (including phenoxy) is 2. The van der Waals surface area contributed by atoms with Gasteiger partial charge in [0.2, 0.25) is 11.7 Å². The van der Waals surface area contributed by atoms with Gasteiger partial charge < -0.3 is 19.3 Å². The summed E-state index contributed by atoms with van der Waals surface area (Å²) < 4.78 is 28.7. The molecule has 8 heteroatoms. The fourth-order valence-electron chi connectivity index (χ4n) is 2.31. The van der Waals surface area contributed by atoms with Crippen molar-refractivity contribution in [1.82, 2.24) is 15.5 Å². The number of halogens is 1. The van der Waals surface area contributed by atoms with Crippen molar-refractivity contribution >= 4 is 5.91 Å². The van der Waals surface area contributed by atoms with Gasteiger partial charge in [-0.1, -0.05) is 17.3 Å². The summed E-state index contributed by atoms with van der Waals surface area (Å²) in [6.45, 7) is 0.185. The van der Waals surface area contributed by atoms with Crippen molar-refractivity contribution in [2.45, 2.75) is 6.42 Å². The third-order valence-corrected chi connectivity index (χ3v) is 3.66. The number of nitrogens with one attached hydrogen (secondary N) is 1. The zero-order chi connectivity index (χ0) is 19.1. The monoisotopic (exact) mass is 371 g/mol. The zero-order valence-electron chi connectivity index (χ0n) is 14.6. The molecular weight excluding hydrogens is 353 g/mol. The van der Waals surface area contributed by atoms with Gasteiger partial charge in [-0.05, 0) is 36.4 Å². The molecule has 2 aromatic carbocycles. The van der Waals surface area contributed by atoms with Crippen molar-refractivity contribution in [2.24, 2.45) is 0 Å². The van der Waals surface area contributed by atoms with Crippen LogP contribution >= 0.6 is 0 Å². The Bertz CT molecular complexity index is 896. The Morgan fingerprint density at radius 1 is 1.15 bits per heavy atom. The molecule has 0 atom stereocenters. The standard InChI is InChI=1S/C19H18FN3O4/c1-25-15-4-2-3-5-16(15)26-12-17(24)21-11-10-18-22-19(23-27-18)13-6-8-14(20)9-7-13/h2-9H,10-12H2,1H3,(H,21,24). The predicted octanol–water partition coefficient (Wildman–Crippen LogP) is 2.62. The molecule has 140 valence electrons. The van der Waals surface area contributed by atoms with Crippen LogP contribution < -0.4 is 14.8 Å². The molecule has 1 N–H and O–H groups in total. The van der Waals surface area contributed by atoms with Crippen LogP contribution in [0, 0.1) is 5.82 Å². The van der Waals surface area contributed by atoms with Crippen LogP contribution in [0.5, 0.6) is 11.5 Å². The van der Waals surface area contributed by atoms with E-state index in [1.807, 2.05) is 6.07 Å². The van der Waals surface area contributed by atoms with E-state index >= 15 is 0 Å². The minimum Gasteiger partial charge on any atom is -0.493 e. The van der Waals surface area contributed by atoms with Gasteiger partial charge in [-0.3, -0.25) is 4.79 Å². The Hall–Kier alpha value is -3.42.